The average molecular weight is 410 g/mol. The highest BCUT2D eigenvalue weighted by atomic mass is 32.2. The number of rotatable bonds is 8. The number of Topliss-reactive ketones (excluding diaryl/α,β-unsaturated/α-hetero) is 1. The minimum Gasteiger partial charge on any atom is -0.355 e. The lowest BCUT2D eigenvalue weighted by atomic mass is 9.97. The molecule has 1 heterocycles. The predicted octanol–water partition coefficient (Wildman–Crippen LogP) is 1.75. The van der Waals surface area contributed by atoms with Crippen LogP contribution in [0.25, 0.3) is 0 Å². The van der Waals surface area contributed by atoms with E-state index in [1.807, 2.05) is 0 Å². The highest BCUT2D eigenvalue weighted by Gasteiger charge is 2.25. The standard InChI is InChI=1S/C20H31N3O4S/c1-15(2)23-11-5-6-17(13-23)12-21-20(25)14-22(4)28(26,27)19-9-7-18(8-10-19)16(3)24/h7-10,15,17H,5-6,11-14H2,1-4H3,(H,21,25). The number of hydrogen-bond donors (Lipinski definition) is 1. The molecule has 0 bridgehead atoms. The molecule has 1 saturated heterocycles. The molecule has 1 N–H and O–H groups in total. The molecule has 1 aromatic rings. The monoisotopic (exact) mass is 409 g/mol. The van der Waals surface area contributed by atoms with Crippen molar-refractivity contribution in [2.75, 3.05) is 33.2 Å². The maximum atomic E-state index is 12.6. The molecule has 1 aromatic carbocycles. The maximum absolute atomic E-state index is 12.6. The lowest BCUT2D eigenvalue weighted by Gasteiger charge is -2.35. The number of hydrogen-bond acceptors (Lipinski definition) is 5. The van der Waals surface area contributed by atoms with E-state index in [2.05, 4.69) is 24.1 Å². The van der Waals surface area contributed by atoms with Gasteiger partial charge in [0.2, 0.25) is 15.9 Å². The molecular weight excluding hydrogens is 378 g/mol. The van der Waals surface area contributed by atoms with Crippen LogP contribution in [-0.4, -0.2) is 68.6 Å². The number of benzene rings is 1. The number of nitrogens with zero attached hydrogens (tertiary/aromatic N) is 2. The van der Waals surface area contributed by atoms with Crippen LogP contribution < -0.4 is 5.32 Å². The fourth-order valence-electron chi connectivity index (χ4n) is 3.38. The van der Waals surface area contributed by atoms with Gasteiger partial charge in [-0.15, -0.1) is 0 Å². The van der Waals surface area contributed by atoms with E-state index >= 15 is 0 Å². The smallest absolute Gasteiger partial charge is 0.243 e. The first-order chi connectivity index (χ1) is 13.1. The van der Waals surface area contributed by atoms with Crippen LogP contribution in [-0.2, 0) is 14.8 Å². The predicted molar refractivity (Wildman–Crippen MR) is 109 cm³/mol. The lowest BCUT2D eigenvalue weighted by Crippen LogP contribution is -2.45. The largest absolute Gasteiger partial charge is 0.355 e. The summed E-state index contributed by atoms with van der Waals surface area (Å²) in [4.78, 5) is 26.1. The zero-order valence-electron chi connectivity index (χ0n) is 17.1. The van der Waals surface area contributed by atoms with Gasteiger partial charge < -0.3 is 10.2 Å². The quantitative estimate of drug-likeness (QED) is 0.661. The fourth-order valence-corrected chi connectivity index (χ4v) is 4.50. The van der Waals surface area contributed by atoms with Crippen LogP contribution in [0.4, 0.5) is 0 Å². The molecular formula is C20H31N3O4S. The van der Waals surface area contributed by atoms with Crippen molar-refractivity contribution in [3.63, 3.8) is 0 Å². The van der Waals surface area contributed by atoms with Crippen molar-refractivity contribution in [1.29, 1.82) is 0 Å². The first-order valence-electron chi connectivity index (χ1n) is 9.69. The summed E-state index contributed by atoms with van der Waals surface area (Å²) in [7, 11) is -2.40. The first kappa shape index (κ1) is 22.5. The Morgan fingerprint density at radius 2 is 1.89 bits per heavy atom. The third kappa shape index (κ3) is 5.86. The number of ketones is 1. The molecule has 1 atom stereocenters. The van der Waals surface area contributed by atoms with Crippen molar-refractivity contribution < 1.29 is 18.0 Å². The molecule has 1 unspecified atom stereocenters. The Labute approximate surface area is 168 Å². The van der Waals surface area contributed by atoms with Gasteiger partial charge in [0.15, 0.2) is 5.78 Å². The number of nitrogens with one attached hydrogen (secondary N) is 1. The van der Waals surface area contributed by atoms with E-state index in [4.69, 9.17) is 0 Å². The number of likely N-dealkylation sites (N-methyl/N-ethyl adjacent to an activating group) is 1. The minimum atomic E-state index is -3.79. The molecule has 1 aliphatic rings. The van der Waals surface area contributed by atoms with Gasteiger partial charge in [0, 0.05) is 31.7 Å². The van der Waals surface area contributed by atoms with Gasteiger partial charge in [-0.1, -0.05) is 12.1 Å². The number of amides is 1. The summed E-state index contributed by atoms with van der Waals surface area (Å²) in [6.45, 7) is 8.13. The normalized spacial score (nSPS) is 18.4. The van der Waals surface area contributed by atoms with Crippen LogP contribution in [0.1, 0.15) is 44.0 Å². The Balaban J connectivity index is 1.89. The van der Waals surface area contributed by atoms with Gasteiger partial charge in [-0.25, -0.2) is 8.42 Å². The zero-order valence-corrected chi connectivity index (χ0v) is 18.0. The van der Waals surface area contributed by atoms with Gasteiger partial charge in [-0.05, 0) is 58.2 Å². The summed E-state index contributed by atoms with van der Waals surface area (Å²) >= 11 is 0. The topological polar surface area (TPSA) is 86.8 Å². The van der Waals surface area contributed by atoms with E-state index < -0.39 is 10.0 Å². The highest BCUT2D eigenvalue weighted by molar-refractivity contribution is 7.89. The van der Waals surface area contributed by atoms with Crippen molar-refractivity contribution in [1.82, 2.24) is 14.5 Å². The van der Waals surface area contributed by atoms with Crippen molar-refractivity contribution >= 4 is 21.7 Å². The molecule has 0 aliphatic carbocycles. The van der Waals surface area contributed by atoms with Crippen molar-refractivity contribution in [3.8, 4) is 0 Å². The summed E-state index contributed by atoms with van der Waals surface area (Å²) in [5, 5.41) is 2.87. The molecule has 28 heavy (non-hydrogen) atoms. The number of sulfonamides is 1. The molecule has 0 spiro atoms. The van der Waals surface area contributed by atoms with Crippen molar-refractivity contribution in [2.24, 2.45) is 5.92 Å². The second-order valence-electron chi connectivity index (χ2n) is 7.74. The Kier molecular flexibility index (Phi) is 7.74. The van der Waals surface area contributed by atoms with Crippen molar-refractivity contribution in [2.45, 2.75) is 44.6 Å². The fraction of sp³-hybridized carbons (Fsp3) is 0.600. The minimum absolute atomic E-state index is 0.0626. The molecule has 156 valence electrons. The van der Waals surface area contributed by atoms with Gasteiger partial charge in [-0.3, -0.25) is 9.59 Å². The van der Waals surface area contributed by atoms with Crippen LogP contribution in [0.3, 0.4) is 0 Å². The summed E-state index contributed by atoms with van der Waals surface area (Å²) in [5.74, 6) is -0.0512. The Morgan fingerprint density at radius 1 is 1.25 bits per heavy atom. The van der Waals surface area contributed by atoms with Gasteiger partial charge >= 0.3 is 0 Å². The molecule has 8 heteroatoms. The molecule has 0 saturated carbocycles. The summed E-state index contributed by atoms with van der Waals surface area (Å²) in [5.41, 5.74) is 0.447. The lowest BCUT2D eigenvalue weighted by molar-refractivity contribution is -0.121. The summed E-state index contributed by atoms with van der Waals surface area (Å²) < 4.78 is 26.3. The number of piperidine rings is 1. The second kappa shape index (κ2) is 9.62. The van der Waals surface area contributed by atoms with Gasteiger partial charge in [-0.2, -0.15) is 4.31 Å². The van der Waals surface area contributed by atoms with E-state index in [9.17, 15) is 18.0 Å². The Bertz CT molecular complexity index is 790. The summed E-state index contributed by atoms with van der Waals surface area (Å²) in [6.07, 6.45) is 2.18. The maximum Gasteiger partial charge on any atom is 0.243 e. The van der Waals surface area contributed by atoms with Crippen molar-refractivity contribution in [3.05, 3.63) is 29.8 Å². The molecule has 0 radical (unpaired) electrons. The highest BCUT2D eigenvalue weighted by Crippen LogP contribution is 2.18. The molecule has 2 rings (SSSR count). The van der Waals surface area contributed by atoms with Gasteiger partial charge in [0.25, 0.3) is 0 Å². The van der Waals surface area contributed by atoms with Crippen LogP contribution in [0.15, 0.2) is 29.2 Å². The number of likely N-dealkylation sites (tertiary alicyclic amines) is 1. The Morgan fingerprint density at radius 3 is 2.46 bits per heavy atom. The molecule has 1 fully saturated rings. The van der Waals surface area contributed by atoms with E-state index in [1.54, 1.807) is 0 Å². The van der Waals surface area contributed by atoms with E-state index in [0.29, 0.717) is 24.1 Å². The number of carbonyl (C=O) groups is 2. The van der Waals surface area contributed by atoms with Crippen LogP contribution >= 0.6 is 0 Å². The van der Waals surface area contributed by atoms with Gasteiger partial charge in [0.05, 0.1) is 11.4 Å². The molecule has 0 aromatic heterocycles. The van der Waals surface area contributed by atoms with E-state index in [1.165, 1.54) is 38.2 Å². The van der Waals surface area contributed by atoms with Crippen LogP contribution in [0.2, 0.25) is 0 Å². The SMILES string of the molecule is CC(=O)c1ccc(S(=O)(=O)N(C)CC(=O)NCC2CCCN(C(C)C)C2)cc1. The molecule has 1 amide bonds. The molecule has 7 nitrogen and oxygen atoms in total. The van der Waals surface area contributed by atoms with Crippen LogP contribution in [0, 0.1) is 5.92 Å². The van der Waals surface area contributed by atoms with Gasteiger partial charge in [0.1, 0.15) is 0 Å². The zero-order chi connectivity index (χ0) is 20.9. The van der Waals surface area contributed by atoms with Crippen LogP contribution in [0.5, 0.6) is 0 Å². The first-order valence-corrected chi connectivity index (χ1v) is 11.1. The van der Waals surface area contributed by atoms with E-state index in [0.717, 1.165) is 30.2 Å². The van der Waals surface area contributed by atoms with E-state index in [-0.39, 0.29) is 23.1 Å². The molecule has 1 aliphatic heterocycles. The Hall–Kier alpha value is -1.77. The third-order valence-electron chi connectivity index (χ3n) is 5.20. The summed E-state index contributed by atoms with van der Waals surface area (Å²) in [6, 6.07) is 6.23. The average Bonchev–Trinajstić information content (AvgIpc) is 2.66. The number of carbonyl (C=O) groups excluding carboxylic acids is 2. The second-order valence-corrected chi connectivity index (χ2v) is 9.79. The third-order valence-corrected chi connectivity index (χ3v) is 7.02.